The molecule has 2 amide bonds. The van der Waals surface area contributed by atoms with Gasteiger partial charge in [0.1, 0.15) is 6.04 Å². The number of ether oxygens (including phenoxy) is 1. The van der Waals surface area contributed by atoms with Crippen molar-refractivity contribution in [3.05, 3.63) is 0 Å². The van der Waals surface area contributed by atoms with Gasteiger partial charge >= 0.3 is 0 Å². The number of amides is 2. The first-order valence-corrected chi connectivity index (χ1v) is 7.45. The molecule has 2 N–H and O–H groups in total. The summed E-state index contributed by atoms with van der Waals surface area (Å²) >= 11 is 0. The highest BCUT2D eigenvalue weighted by molar-refractivity contribution is 5.84. The number of carbonyl (C=O) groups is 2. The number of likely N-dealkylation sites (tertiary alicyclic amines) is 2. The zero-order chi connectivity index (χ0) is 14.5. The van der Waals surface area contributed by atoms with Gasteiger partial charge in [0.25, 0.3) is 0 Å². The number of nitrogens with two attached hydrogens (primary N) is 1. The van der Waals surface area contributed by atoms with Crippen molar-refractivity contribution < 1.29 is 14.3 Å². The second-order valence-electron chi connectivity index (χ2n) is 5.72. The number of nitrogens with zero attached hydrogens (tertiary/aromatic N) is 2. The van der Waals surface area contributed by atoms with E-state index in [-0.39, 0.29) is 24.3 Å². The first-order chi connectivity index (χ1) is 9.63. The Morgan fingerprint density at radius 2 is 1.85 bits per heavy atom. The van der Waals surface area contributed by atoms with E-state index in [4.69, 9.17) is 10.5 Å². The highest BCUT2D eigenvalue weighted by Crippen LogP contribution is 2.21. The van der Waals surface area contributed by atoms with Crippen LogP contribution in [0.1, 0.15) is 25.7 Å². The summed E-state index contributed by atoms with van der Waals surface area (Å²) in [4.78, 5) is 28.2. The number of piperidine rings is 1. The fourth-order valence-electron chi connectivity index (χ4n) is 3.06. The summed E-state index contributed by atoms with van der Waals surface area (Å²) in [5, 5.41) is 0. The lowest BCUT2D eigenvalue weighted by Gasteiger charge is -2.35. The van der Waals surface area contributed by atoms with Crippen LogP contribution >= 0.6 is 0 Å². The quantitative estimate of drug-likeness (QED) is 0.776. The van der Waals surface area contributed by atoms with Crippen LogP contribution in [0.3, 0.4) is 0 Å². The highest BCUT2D eigenvalue weighted by atomic mass is 16.5. The van der Waals surface area contributed by atoms with Crippen LogP contribution in [0.15, 0.2) is 0 Å². The van der Waals surface area contributed by atoms with E-state index in [2.05, 4.69) is 0 Å². The second-order valence-corrected chi connectivity index (χ2v) is 5.72. The summed E-state index contributed by atoms with van der Waals surface area (Å²) in [5.41, 5.74) is 5.79. The van der Waals surface area contributed by atoms with E-state index in [0.29, 0.717) is 13.1 Å². The maximum atomic E-state index is 12.4. The van der Waals surface area contributed by atoms with E-state index in [9.17, 15) is 9.59 Å². The molecule has 2 aliphatic heterocycles. The van der Waals surface area contributed by atoms with Crippen LogP contribution in [0.4, 0.5) is 0 Å². The molecule has 6 heteroatoms. The van der Waals surface area contributed by atoms with Gasteiger partial charge in [-0.15, -0.1) is 0 Å². The minimum absolute atomic E-state index is 0.0551. The molecule has 0 spiro atoms. The van der Waals surface area contributed by atoms with Gasteiger partial charge in [0.05, 0.1) is 12.5 Å². The van der Waals surface area contributed by atoms with Crippen molar-refractivity contribution in [1.29, 1.82) is 0 Å². The van der Waals surface area contributed by atoms with Gasteiger partial charge in [-0.1, -0.05) is 0 Å². The number of carbonyl (C=O) groups excluding carboxylic acids is 2. The molecule has 0 aromatic heterocycles. The molecule has 0 aromatic rings. The van der Waals surface area contributed by atoms with E-state index in [1.54, 1.807) is 4.90 Å². The molecular weight excluding hydrogens is 258 g/mol. The third-order valence-electron chi connectivity index (χ3n) is 4.16. The lowest BCUT2D eigenvalue weighted by Crippen LogP contribution is -2.52. The van der Waals surface area contributed by atoms with E-state index in [1.165, 1.54) is 7.11 Å². The van der Waals surface area contributed by atoms with Gasteiger partial charge in [-0.05, 0) is 25.7 Å². The third-order valence-corrected chi connectivity index (χ3v) is 4.16. The van der Waals surface area contributed by atoms with Crippen molar-refractivity contribution in [3.8, 4) is 0 Å². The van der Waals surface area contributed by atoms with Crippen LogP contribution in [0.5, 0.6) is 0 Å². The highest BCUT2D eigenvalue weighted by Gasteiger charge is 2.33. The van der Waals surface area contributed by atoms with Gasteiger partial charge in [0.15, 0.2) is 0 Å². The van der Waals surface area contributed by atoms with Crippen molar-refractivity contribution in [2.24, 2.45) is 11.7 Å². The Labute approximate surface area is 120 Å². The average Bonchev–Trinajstić information content (AvgIpc) is 3.00. The topological polar surface area (TPSA) is 75.9 Å². The first kappa shape index (κ1) is 15.3. The van der Waals surface area contributed by atoms with Gasteiger partial charge in [0.2, 0.25) is 11.8 Å². The Balaban J connectivity index is 1.90. The van der Waals surface area contributed by atoms with Crippen LogP contribution in [-0.4, -0.2) is 67.6 Å². The van der Waals surface area contributed by atoms with Gasteiger partial charge in [-0.3, -0.25) is 9.59 Å². The molecule has 0 radical (unpaired) electrons. The van der Waals surface area contributed by atoms with Gasteiger partial charge in [0, 0.05) is 33.3 Å². The van der Waals surface area contributed by atoms with Gasteiger partial charge in [-0.25, -0.2) is 0 Å². The van der Waals surface area contributed by atoms with Crippen molar-refractivity contribution in [2.45, 2.75) is 31.7 Å². The second kappa shape index (κ2) is 7.04. The Kier molecular flexibility index (Phi) is 5.37. The van der Waals surface area contributed by atoms with Crippen LogP contribution in [0, 0.1) is 5.92 Å². The lowest BCUT2D eigenvalue weighted by atomic mass is 9.96. The smallest absolute Gasteiger partial charge is 0.241 e. The molecule has 0 saturated carbocycles. The number of hydrogen-bond donors (Lipinski definition) is 1. The summed E-state index contributed by atoms with van der Waals surface area (Å²) in [6, 6.07) is -0.624. The minimum Gasteiger partial charge on any atom is -0.383 e. The Morgan fingerprint density at radius 1 is 1.20 bits per heavy atom. The number of methoxy groups -OCH3 is 1. The van der Waals surface area contributed by atoms with Crippen molar-refractivity contribution >= 4 is 11.8 Å². The summed E-state index contributed by atoms with van der Waals surface area (Å²) in [6.45, 7) is 3.16. The Morgan fingerprint density at radius 3 is 2.50 bits per heavy atom. The summed E-state index contributed by atoms with van der Waals surface area (Å²) in [6.07, 6.45) is 3.94. The van der Waals surface area contributed by atoms with Crippen LogP contribution < -0.4 is 5.73 Å². The zero-order valence-corrected chi connectivity index (χ0v) is 12.2. The van der Waals surface area contributed by atoms with Crippen molar-refractivity contribution in [3.63, 3.8) is 0 Å². The van der Waals surface area contributed by atoms with Crippen molar-refractivity contribution in [1.82, 2.24) is 9.80 Å². The number of rotatable bonds is 4. The molecule has 114 valence electrons. The van der Waals surface area contributed by atoms with E-state index >= 15 is 0 Å². The van der Waals surface area contributed by atoms with Crippen LogP contribution in [0.25, 0.3) is 0 Å². The fraction of sp³-hybridized carbons (Fsp3) is 0.857. The summed E-state index contributed by atoms with van der Waals surface area (Å²) in [7, 11) is 1.53. The van der Waals surface area contributed by atoms with Gasteiger partial charge in [-0.2, -0.15) is 0 Å². The van der Waals surface area contributed by atoms with Crippen LogP contribution in [0.2, 0.25) is 0 Å². The summed E-state index contributed by atoms with van der Waals surface area (Å²) in [5.74, 6) is 0.0478. The molecule has 2 atom stereocenters. The van der Waals surface area contributed by atoms with E-state index < -0.39 is 6.04 Å². The average molecular weight is 283 g/mol. The molecule has 2 aliphatic rings. The Hall–Kier alpha value is -1.14. The molecule has 2 heterocycles. The molecule has 2 unspecified atom stereocenters. The molecule has 0 bridgehead atoms. The molecule has 2 saturated heterocycles. The van der Waals surface area contributed by atoms with Crippen molar-refractivity contribution in [2.75, 3.05) is 39.9 Å². The molecule has 0 aromatic carbocycles. The standard InChI is InChI=1S/C14H25N3O3/c1-20-10-12(15)14(19)17-8-4-5-11(9-17)13(18)16-6-2-3-7-16/h11-12H,2-10,15H2,1H3. The summed E-state index contributed by atoms with van der Waals surface area (Å²) < 4.78 is 4.92. The SMILES string of the molecule is COCC(N)C(=O)N1CCCC(C(=O)N2CCCC2)C1. The molecular formula is C14H25N3O3. The third kappa shape index (κ3) is 3.49. The minimum atomic E-state index is -0.624. The van der Waals surface area contributed by atoms with E-state index in [1.807, 2.05) is 4.90 Å². The first-order valence-electron chi connectivity index (χ1n) is 7.45. The monoisotopic (exact) mass is 283 g/mol. The maximum absolute atomic E-state index is 12.4. The Bertz CT molecular complexity index is 356. The predicted octanol–water partition coefficient (Wildman–Crippen LogP) is -0.179. The predicted molar refractivity (Wildman–Crippen MR) is 75.0 cm³/mol. The molecule has 2 rings (SSSR count). The van der Waals surface area contributed by atoms with E-state index in [0.717, 1.165) is 38.8 Å². The largest absolute Gasteiger partial charge is 0.383 e. The lowest BCUT2D eigenvalue weighted by molar-refractivity contribution is -0.141. The fourth-order valence-corrected chi connectivity index (χ4v) is 3.06. The molecule has 2 fully saturated rings. The zero-order valence-electron chi connectivity index (χ0n) is 12.2. The van der Waals surface area contributed by atoms with Crippen LogP contribution in [-0.2, 0) is 14.3 Å². The maximum Gasteiger partial charge on any atom is 0.241 e. The molecule has 0 aliphatic carbocycles. The van der Waals surface area contributed by atoms with Gasteiger partial charge < -0.3 is 20.3 Å². The number of hydrogen-bond acceptors (Lipinski definition) is 4. The molecule has 20 heavy (non-hydrogen) atoms. The molecule has 6 nitrogen and oxygen atoms in total. The normalized spacial score (nSPS) is 24.8.